The lowest BCUT2D eigenvalue weighted by atomic mass is 9.90. The van der Waals surface area contributed by atoms with E-state index in [0.717, 1.165) is 44.5 Å². The van der Waals surface area contributed by atoms with Crippen LogP contribution in [0.15, 0.2) is 36.4 Å². The molecule has 0 spiro atoms. The third-order valence-corrected chi connectivity index (χ3v) is 5.33. The topological polar surface area (TPSA) is 58.1 Å². The third-order valence-electron chi connectivity index (χ3n) is 5.33. The first kappa shape index (κ1) is 19.3. The molecule has 1 atom stereocenters. The van der Waals surface area contributed by atoms with Crippen molar-refractivity contribution in [2.45, 2.75) is 52.5 Å². The summed E-state index contributed by atoms with van der Waals surface area (Å²) < 4.78 is 0. The summed E-state index contributed by atoms with van der Waals surface area (Å²) in [4.78, 5) is 23.8. The molecular formula is C22H30N4O. The van der Waals surface area contributed by atoms with Gasteiger partial charge in [-0.05, 0) is 57.1 Å². The minimum Gasteiger partial charge on any atom is -0.348 e. The second kappa shape index (κ2) is 8.98. The van der Waals surface area contributed by atoms with Gasteiger partial charge in [-0.15, -0.1) is 0 Å². The number of carbonyl (C=O) groups excluding carboxylic acids is 1. The Kier molecular flexibility index (Phi) is 6.43. The Bertz CT molecular complexity index is 754. The standard InChI is InChI=1S/C22H30N4O/c1-4-16(2)23-21(27)20-14-17(3)24-22(25-20)26-12-10-19(11-13-26)15-18-8-6-5-7-9-18/h5-9,14,16,19H,4,10-13,15H2,1-3H3,(H,23,27). The summed E-state index contributed by atoms with van der Waals surface area (Å²) in [6, 6.07) is 12.6. The largest absolute Gasteiger partial charge is 0.348 e. The van der Waals surface area contributed by atoms with Crippen LogP contribution in [0.5, 0.6) is 0 Å². The minimum atomic E-state index is -0.116. The van der Waals surface area contributed by atoms with Crippen molar-refractivity contribution in [2.75, 3.05) is 18.0 Å². The number of nitrogens with one attached hydrogen (secondary N) is 1. The van der Waals surface area contributed by atoms with Gasteiger partial charge in [0.25, 0.3) is 5.91 Å². The summed E-state index contributed by atoms with van der Waals surface area (Å²) in [6.45, 7) is 7.86. The van der Waals surface area contributed by atoms with E-state index < -0.39 is 0 Å². The van der Waals surface area contributed by atoms with E-state index in [4.69, 9.17) is 0 Å². The number of anilines is 1. The van der Waals surface area contributed by atoms with Gasteiger partial charge in [0.05, 0.1) is 0 Å². The van der Waals surface area contributed by atoms with E-state index in [0.29, 0.717) is 17.6 Å². The number of amides is 1. The van der Waals surface area contributed by atoms with Crippen LogP contribution in [0.25, 0.3) is 0 Å². The second-order valence-corrected chi connectivity index (χ2v) is 7.60. The Morgan fingerprint density at radius 3 is 2.59 bits per heavy atom. The van der Waals surface area contributed by atoms with Gasteiger partial charge in [-0.2, -0.15) is 0 Å². The molecule has 3 rings (SSSR count). The maximum Gasteiger partial charge on any atom is 0.270 e. The van der Waals surface area contributed by atoms with E-state index in [1.807, 2.05) is 13.8 Å². The Morgan fingerprint density at radius 1 is 1.22 bits per heavy atom. The van der Waals surface area contributed by atoms with Crippen molar-refractivity contribution in [2.24, 2.45) is 5.92 Å². The molecule has 1 aromatic heterocycles. The molecule has 1 fully saturated rings. The number of rotatable bonds is 6. The van der Waals surface area contributed by atoms with Crippen LogP contribution in [0.1, 0.15) is 54.9 Å². The summed E-state index contributed by atoms with van der Waals surface area (Å²) >= 11 is 0. The zero-order valence-corrected chi connectivity index (χ0v) is 16.6. The van der Waals surface area contributed by atoms with E-state index in [1.165, 1.54) is 5.56 Å². The fourth-order valence-electron chi connectivity index (χ4n) is 3.49. The number of benzene rings is 1. The van der Waals surface area contributed by atoms with Gasteiger partial charge in [0, 0.05) is 24.8 Å². The number of carbonyl (C=O) groups is 1. The Balaban J connectivity index is 1.63. The molecule has 1 aliphatic heterocycles. The summed E-state index contributed by atoms with van der Waals surface area (Å²) in [5.41, 5.74) is 2.71. The Labute approximate surface area is 162 Å². The normalized spacial score (nSPS) is 16.2. The zero-order chi connectivity index (χ0) is 19.2. The maximum atomic E-state index is 12.4. The summed E-state index contributed by atoms with van der Waals surface area (Å²) in [5, 5.41) is 2.99. The fraction of sp³-hybridized carbons (Fsp3) is 0.500. The van der Waals surface area contributed by atoms with Gasteiger partial charge in [-0.3, -0.25) is 4.79 Å². The van der Waals surface area contributed by atoms with Crippen molar-refractivity contribution < 1.29 is 4.79 Å². The van der Waals surface area contributed by atoms with Gasteiger partial charge < -0.3 is 10.2 Å². The van der Waals surface area contributed by atoms with E-state index in [2.05, 4.69) is 57.4 Å². The molecule has 144 valence electrons. The zero-order valence-electron chi connectivity index (χ0n) is 16.6. The molecule has 2 heterocycles. The predicted octanol–water partition coefficient (Wildman–Crippen LogP) is 3.77. The molecule has 1 aromatic carbocycles. The first-order valence-electron chi connectivity index (χ1n) is 10.0. The van der Waals surface area contributed by atoms with Gasteiger partial charge in [-0.25, -0.2) is 9.97 Å². The van der Waals surface area contributed by atoms with E-state index in [9.17, 15) is 4.79 Å². The molecule has 1 aliphatic rings. The highest BCUT2D eigenvalue weighted by molar-refractivity contribution is 5.92. The van der Waals surface area contributed by atoms with Gasteiger partial charge in [-0.1, -0.05) is 37.3 Å². The van der Waals surface area contributed by atoms with Crippen LogP contribution in [-0.4, -0.2) is 35.0 Å². The molecule has 0 radical (unpaired) electrons. The molecule has 5 heteroatoms. The lowest BCUT2D eigenvalue weighted by molar-refractivity contribution is 0.0934. The monoisotopic (exact) mass is 366 g/mol. The number of piperidine rings is 1. The average molecular weight is 367 g/mol. The first-order valence-corrected chi connectivity index (χ1v) is 10.0. The quantitative estimate of drug-likeness (QED) is 0.845. The van der Waals surface area contributed by atoms with Crippen LogP contribution in [0.2, 0.25) is 0 Å². The van der Waals surface area contributed by atoms with Crippen molar-refractivity contribution in [3.63, 3.8) is 0 Å². The number of nitrogens with zero attached hydrogens (tertiary/aromatic N) is 3. The van der Waals surface area contributed by atoms with Crippen LogP contribution in [0, 0.1) is 12.8 Å². The molecule has 1 amide bonds. The highest BCUT2D eigenvalue weighted by Crippen LogP contribution is 2.24. The summed E-state index contributed by atoms with van der Waals surface area (Å²) in [7, 11) is 0. The van der Waals surface area contributed by atoms with Gasteiger partial charge in [0.2, 0.25) is 5.95 Å². The number of aryl methyl sites for hydroxylation is 1. The van der Waals surface area contributed by atoms with E-state index in [-0.39, 0.29) is 11.9 Å². The predicted molar refractivity (Wildman–Crippen MR) is 109 cm³/mol. The third kappa shape index (κ3) is 5.28. The highest BCUT2D eigenvalue weighted by Gasteiger charge is 2.22. The van der Waals surface area contributed by atoms with Crippen LogP contribution in [0.4, 0.5) is 5.95 Å². The highest BCUT2D eigenvalue weighted by atomic mass is 16.1. The lowest BCUT2D eigenvalue weighted by Crippen LogP contribution is -2.37. The van der Waals surface area contributed by atoms with Crippen LogP contribution >= 0.6 is 0 Å². The Morgan fingerprint density at radius 2 is 1.93 bits per heavy atom. The Hall–Kier alpha value is -2.43. The van der Waals surface area contributed by atoms with Crippen LogP contribution in [-0.2, 0) is 6.42 Å². The number of aromatic nitrogens is 2. The maximum absolute atomic E-state index is 12.4. The molecule has 0 saturated carbocycles. The number of hydrogen-bond donors (Lipinski definition) is 1. The van der Waals surface area contributed by atoms with Crippen LogP contribution in [0.3, 0.4) is 0 Å². The van der Waals surface area contributed by atoms with Crippen LogP contribution < -0.4 is 10.2 Å². The van der Waals surface area contributed by atoms with Crippen molar-refractivity contribution in [3.05, 3.63) is 53.3 Å². The van der Waals surface area contributed by atoms with E-state index >= 15 is 0 Å². The molecule has 1 unspecified atom stereocenters. The van der Waals surface area contributed by atoms with E-state index in [1.54, 1.807) is 6.07 Å². The summed E-state index contributed by atoms with van der Waals surface area (Å²) in [5.74, 6) is 1.26. The molecular weight excluding hydrogens is 336 g/mol. The fourth-order valence-corrected chi connectivity index (χ4v) is 3.49. The molecule has 1 N–H and O–H groups in total. The first-order chi connectivity index (χ1) is 13.0. The van der Waals surface area contributed by atoms with Crippen molar-refractivity contribution in [1.29, 1.82) is 0 Å². The van der Waals surface area contributed by atoms with Crippen molar-refractivity contribution >= 4 is 11.9 Å². The molecule has 27 heavy (non-hydrogen) atoms. The molecule has 2 aromatic rings. The second-order valence-electron chi connectivity index (χ2n) is 7.60. The van der Waals surface area contributed by atoms with Gasteiger partial charge in [0.15, 0.2) is 0 Å². The summed E-state index contributed by atoms with van der Waals surface area (Å²) in [6.07, 6.45) is 4.28. The smallest absolute Gasteiger partial charge is 0.270 e. The van der Waals surface area contributed by atoms with Gasteiger partial charge >= 0.3 is 0 Å². The lowest BCUT2D eigenvalue weighted by Gasteiger charge is -2.32. The molecule has 1 saturated heterocycles. The molecule has 0 bridgehead atoms. The minimum absolute atomic E-state index is 0.116. The number of hydrogen-bond acceptors (Lipinski definition) is 4. The van der Waals surface area contributed by atoms with Gasteiger partial charge in [0.1, 0.15) is 5.69 Å². The average Bonchev–Trinajstić information content (AvgIpc) is 2.68. The SMILES string of the molecule is CCC(C)NC(=O)c1cc(C)nc(N2CCC(Cc3ccccc3)CC2)n1. The molecule has 0 aliphatic carbocycles. The molecule has 5 nitrogen and oxygen atoms in total. The van der Waals surface area contributed by atoms with Crippen molar-refractivity contribution in [1.82, 2.24) is 15.3 Å². The van der Waals surface area contributed by atoms with Crippen molar-refractivity contribution in [3.8, 4) is 0 Å².